The largest absolute Gasteiger partial charge is 0.292 e. The SMILES string of the molecule is O=C(NC(=O)C1CC1)c1ccccc1. The van der Waals surface area contributed by atoms with Gasteiger partial charge in [-0.3, -0.25) is 14.9 Å². The third-order valence-corrected chi connectivity index (χ3v) is 2.22. The van der Waals surface area contributed by atoms with Gasteiger partial charge in [0.25, 0.3) is 5.91 Å². The van der Waals surface area contributed by atoms with Gasteiger partial charge in [0, 0.05) is 11.5 Å². The average molecular weight is 189 g/mol. The van der Waals surface area contributed by atoms with Crippen LogP contribution in [0.4, 0.5) is 0 Å². The molecule has 1 aromatic carbocycles. The van der Waals surface area contributed by atoms with Crippen LogP contribution in [0.2, 0.25) is 0 Å². The van der Waals surface area contributed by atoms with Crippen LogP contribution in [0.1, 0.15) is 23.2 Å². The van der Waals surface area contributed by atoms with Crippen LogP contribution in [0.5, 0.6) is 0 Å². The molecule has 1 aromatic rings. The molecule has 2 amide bonds. The number of hydrogen-bond donors (Lipinski definition) is 1. The van der Waals surface area contributed by atoms with E-state index in [0.29, 0.717) is 5.56 Å². The molecule has 1 saturated carbocycles. The molecule has 14 heavy (non-hydrogen) atoms. The Labute approximate surface area is 82.1 Å². The van der Waals surface area contributed by atoms with Gasteiger partial charge in [0.1, 0.15) is 0 Å². The Kier molecular flexibility index (Phi) is 2.31. The fourth-order valence-electron chi connectivity index (χ4n) is 1.22. The maximum absolute atomic E-state index is 11.5. The van der Waals surface area contributed by atoms with Gasteiger partial charge < -0.3 is 0 Å². The van der Waals surface area contributed by atoms with Crippen molar-refractivity contribution in [2.24, 2.45) is 5.92 Å². The summed E-state index contributed by atoms with van der Waals surface area (Å²) in [6, 6.07) is 8.76. The van der Waals surface area contributed by atoms with Crippen LogP contribution in [0.3, 0.4) is 0 Å². The number of amides is 2. The summed E-state index contributed by atoms with van der Waals surface area (Å²) in [7, 11) is 0. The molecule has 2 rings (SSSR count). The minimum atomic E-state index is -0.303. The molecule has 0 heterocycles. The van der Waals surface area contributed by atoms with Crippen molar-refractivity contribution in [3.8, 4) is 0 Å². The third-order valence-electron chi connectivity index (χ3n) is 2.22. The third kappa shape index (κ3) is 1.99. The Morgan fingerprint density at radius 3 is 2.36 bits per heavy atom. The molecular formula is C11H11NO2. The Hall–Kier alpha value is -1.64. The van der Waals surface area contributed by atoms with Gasteiger partial charge in [0.05, 0.1) is 0 Å². The van der Waals surface area contributed by atoms with Crippen molar-refractivity contribution in [3.05, 3.63) is 35.9 Å². The van der Waals surface area contributed by atoms with Crippen molar-refractivity contribution in [1.82, 2.24) is 5.32 Å². The quantitative estimate of drug-likeness (QED) is 0.714. The van der Waals surface area contributed by atoms with Crippen molar-refractivity contribution < 1.29 is 9.59 Å². The summed E-state index contributed by atoms with van der Waals surface area (Å²) in [5.74, 6) is -0.371. The first kappa shape index (κ1) is 8.94. The van der Waals surface area contributed by atoms with Crippen LogP contribution < -0.4 is 5.32 Å². The minimum absolute atomic E-state index is 0.0719. The summed E-state index contributed by atoms with van der Waals surface area (Å²) in [6.07, 6.45) is 1.82. The standard InChI is InChI=1S/C11H11NO2/c13-10(8-4-2-1-3-5-8)12-11(14)9-6-7-9/h1-5,9H,6-7H2,(H,12,13,14). The number of carbonyl (C=O) groups is 2. The summed E-state index contributed by atoms with van der Waals surface area (Å²) >= 11 is 0. The zero-order valence-corrected chi connectivity index (χ0v) is 7.69. The molecule has 0 aromatic heterocycles. The smallest absolute Gasteiger partial charge is 0.257 e. The van der Waals surface area contributed by atoms with Crippen molar-refractivity contribution in [2.75, 3.05) is 0 Å². The zero-order chi connectivity index (χ0) is 9.97. The van der Waals surface area contributed by atoms with Gasteiger partial charge in [-0.1, -0.05) is 18.2 Å². The summed E-state index contributed by atoms with van der Waals surface area (Å²) in [5.41, 5.74) is 0.529. The minimum Gasteiger partial charge on any atom is -0.292 e. The fraction of sp³-hybridized carbons (Fsp3) is 0.273. The normalized spacial score (nSPS) is 14.9. The highest BCUT2D eigenvalue weighted by Crippen LogP contribution is 2.28. The van der Waals surface area contributed by atoms with Crippen molar-refractivity contribution in [3.63, 3.8) is 0 Å². The van der Waals surface area contributed by atoms with Gasteiger partial charge in [-0.15, -0.1) is 0 Å². The molecule has 1 fully saturated rings. The van der Waals surface area contributed by atoms with E-state index in [-0.39, 0.29) is 17.7 Å². The lowest BCUT2D eigenvalue weighted by Gasteiger charge is -2.01. The molecule has 0 aliphatic heterocycles. The first-order chi connectivity index (χ1) is 6.77. The predicted octanol–water partition coefficient (Wildman–Crippen LogP) is 1.35. The Morgan fingerprint density at radius 2 is 1.79 bits per heavy atom. The van der Waals surface area contributed by atoms with E-state index >= 15 is 0 Å². The van der Waals surface area contributed by atoms with E-state index in [0.717, 1.165) is 12.8 Å². The molecule has 0 spiro atoms. The van der Waals surface area contributed by atoms with E-state index in [1.54, 1.807) is 24.3 Å². The van der Waals surface area contributed by atoms with Gasteiger partial charge >= 0.3 is 0 Å². The van der Waals surface area contributed by atoms with Gasteiger partial charge in [0.2, 0.25) is 5.91 Å². The van der Waals surface area contributed by atoms with Crippen molar-refractivity contribution >= 4 is 11.8 Å². The molecule has 1 aliphatic rings. The van der Waals surface area contributed by atoms with E-state index in [9.17, 15) is 9.59 Å². The lowest BCUT2D eigenvalue weighted by Crippen LogP contribution is -2.31. The molecule has 0 unspecified atom stereocenters. The van der Waals surface area contributed by atoms with E-state index in [4.69, 9.17) is 0 Å². The van der Waals surface area contributed by atoms with E-state index in [2.05, 4.69) is 5.32 Å². The van der Waals surface area contributed by atoms with Gasteiger partial charge in [-0.05, 0) is 25.0 Å². The number of carbonyl (C=O) groups excluding carboxylic acids is 2. The highest BCUT2D eigenvalue weighted by Gasteiger charge is 2.30. The maximum atomic E-state index is 11.5. The second kappa shape index (κ2) is 3.62. The molecule has 1 N–H and O–H groups in total. The Morgan fingerprint density at radius 1 is 1.14 bits per heavy atom. The van der Waals surface area contributed by atoms with Crippen LogP contribution in [0, 0.1) is 5.92 Å². The van der Waals surface area contributed by atoms with Crippen LogP contribution in [0.25, 0.3) is 0 Å². The first-order valence-corrected chi connectivity index (χ1v) is 4.67. The lowest BCUT2D eigenvalue weighted by molar-refractivity contribution is -0.121. The number of hydrogen-bond acceptors (Lipinski definition) is 2. The second-order valence-electron chi connectivity index (χ2n) is 3.46. The fourth-order valence-corrected chi connectivity index (χ4v) is 1.22. The van der Waals surface area contributed by atoms with E-state index < -0.39 is 0 Å². The van der Waals surface area contributed by atoms with E-state index in [1.165, 1.54) is 0 Å². The van der Waals surface area contributed by atoms with Crippen molar-refractivity contribution in [2.45, 2.75) is 12.8 Å². The van der Waals surface area contributed by atoms with Crippen LogP contribution >= 0.6 is 0 Å². The predicted molar refractivity (Wildman–Crippen MR) is 51.6 cm³/mol. The monoisotopic (exact) mass is 189 g/mol. The number of imide groups is 1. The molecule has 0 radical (unpaired) electrons. The highest BCUT2D eigenvalue weighted by atomic mass is 16.2. The molecule has 3 nitrogen and oxygen atoms in total. The average Bonchev–Trinajstić information content (AvgIpc) is 3.02. The maximum Gasteiger partial charge on any atom is 0.257 e. The van der Waals surface area contributed by atoms with Crippen LogP contribution in [-0.4, -0.2) is 11.8 Å². The van der Waals surface area contributed by atoms with E-state index in [1.807, 2.05) is 6.07 Å². The molecule has 0 bridgehead atoms. The zero-order valence-electron chi connectivity index (χ0n) is 7.69. The van der Waals surface area contributed by atoms with Crippen LogP contribution in [0.15, 0.2) is 30.3 Å². The topological polar surface area (TPSA) is 46.2 Å². The summed E-state index contributed by atoms with van der Waals surface area (Å²) in [4.78, 5) is 22.7. The highest BCUT2D eigenvalue weighted by molar-refractivity contribution is 6.05. The molecule has 0 saturated heterocycles. The number of nitrogens with one attached hydrogen (secondary N) is 1. The van der Waals surface area contributed by atoms with Gasteiger partial charge in [0.15, 0.2) is 0 Å². The second-order valence-corrected chi connectivity index (χ2v) is 3.46. The summed E-state index contributed by atoms with van der Waals surface area (Å²) in [6.45, 7) is 0. The number of rotatable bonds is 2. The number of benzene rings is 1. The Balaban J connectivity index is 1.98. The van der Waals surface area contributed by atoms with Gasteiger partial charge in [-0.2, -0.15) is 0 Å². The molecule has 0 atom stereocenters. The van der Waals surface area contributed by atoms with Crippen LogP contribution in [-0.2, 0) is 4.79 Å². The summed E-state index contributed by atoms with van der Waals surface area (Å²) < 4.78 is 0. The molecular weight excluding hydrogens is 178 g/mol. The molecule has 3 heteroatoms. The first-order valence-electron chi connectivity index (χ1n) is 4.67. The Bertz CT molecular complexity index is 355. The molecule has 1 aliphatic carbocycles. The van der Waals surface area contributed by atoms with Gasteiger partial charge in [-0.25, -0.2) is 0 Å². The summed E-state index contributed by atoms with van der Waals surface area (Å²) in [5, 5.41) is 2.38. The molecule has 72 valence electrons. The lowest BCUT2D eigenvalue weighted by atomic mass is 10.2. The van der Waals surface area contributed by atoms with Crippen molar-refractivity contribution in [1.29, 1.82) is 0 Å².